The van der Waals surface area contributed by atoms with E-state index in [0.29, 0.717) is 6.42 Å². The third-order valence-corrected chi connectivity index (χ3v) is 4.57. The molecule has 0 spiro atoms. The maximum atomic E-state index is 11.6. The van der Waals surface area contributed by atoms with Crippen LogP contribution in [0.25, 0.3) is 0 Å². The molecule has 0 aliphatic carbocycles. The second kappa shape index (κ2) is 7.64. The van der Waals surface area contributed by atoms with Gasteiger partial charge in [0, 0.05) is 5.57 Å². The first-order valence-corrected chi connectivity index (χ1v) is 7.72. The van der Waals surface area contributed by atoms with Crippen LogP contribution in [-0.2, 0) is 9.36 Å². The minimum absolute atomic E-state index is 0.00997. The standard InChI is InChI=1S/C11H22NO4P/c1-3-4-5-6-7-10(11(13)14)8-17(15,16)9(2)12/h7,9H,3-6,8,12H2,1-2H3,(H,13,14)(H,15,16)/b10-7-. The maximum Gasteiger partial charge on any atom is 0.331 e. The molecule has 4 N–H and O–H groups in total. The molecule has 0 aliphatic rings. The molecule has 0 aromatic heterocycles. The number of hydrogen-bond donors (Lipinski definition) is 3. The van der Waals surface area contributed by atoms with Gasteiger partial charge < -0.3 is 15.7 Å². The number of unbranched alkanes of at least 4 members (excludes halogenated alkanes) is 3. The van der Waals surface area contributed by atoms with Gasteiger partial charge in [-0.3, -0.25) is 4.57 Å². The third-order valence-electron chi connectivity index (χ3n) is 2.51. The Morgan fingerprint density at radius 3 is 2.47 bits per heavy atom. The zero-order valence-corrected chi connectivity index (χ0v) is 11.3. The Hall–Kier alpha value is -0.640. The van der Waals surface area contributed by atoms with Gasteiger partial charge in [-0.2, -0.15) is 0 Å². The number of aliphatic carboxylic acids is 1. The number of allylic oxidation sites excluding steroid dienone is 1. The van der Waals surface area contributed by atoms with Crippen LogP contribution in [0.4, 0.5) is 0 Å². The van der Waals surface area contributed by atoms with Crippen molar-refractivity contribution in [2.24, 2.45) is 5.73 Å². The number of carboxylic acid groups (broad SMARTS) is 1. The molecule has 6 heteroatoms. The average Bonchev–Trinajstić information content (AvgIpc) is 2.22. The number of rotatable bonds is 8. The molecule has 0 heterocycles. The largest absolute Gasteiger partial charge is 0.478 e. The van der Waals surface area contributed by atoms with E-state index in [1.165, 1.54) is 13.0 Å². The zero-order valence-electron chi connectivity index (χ0n) is 10.4. The highest BCUT2D eigenvalue weighted by molar-refractivity contribution is 7.58. The molecule has 0 radical (unpaired) electrons. The van der Waals surface area contributed by atoms with Crippen LogP contribution < -0.4 is 5.73 Å². The Morgan fingerprint density at radius 1 is 1.47 bits per heavy atom. The Labute approximate surface area is 102 Å². The zero-order chi connectivity index (χ0) is 13.5. The molecule has 0 amide bonds. The Bertz CT molecular complexity index is 325. The molecule has 100 valence electrons. The molecule has 2 atom stereocenters. The summed E-state index contributed by atoms with van der Waals surface area (Å²) >= 11 is 0. The fraction of sp³-hybridized carbons (Fsp3) is 0.727. The summed E-state index contributed by atoms with van der Waals surface area (Å²) in [6.07, 6.45) is 4.76. The van der Waals surface area contributed by atoms with E-state index in [1.54, 1.807) is 0 Å². The second-order valence-electron chi connectivity index (χ2n) is 4.18. The van der Waals surface area contributed by atoms with Gasteiger partial charge in [-0.25, -0.2) is 4.79 Å². The van der Waals surface area contributed by atoms with E-state index in [0.717, 1.165) is 19.3 Å². The lowest BCUT2D eigenvalue weighted by molar-refractivity contribution is -0.132. The van der Waals surface area contributed by atoms with E-state index in [2.05, 4.69) is 6.92 Å². The van der Waals surface area contributed by atoms with Gasteiger partial charge in [-0.1, -0.05) is 25.8 Å². The lowest BCUT2D eigenvalue weighted by Gasteiger charge is -2.15. The number of carboxylic acids is 1. The molecule has 0 fully saturated rings. The van der Waals surface area contributed by atoms with Gasteiger partial charge in [0.25, 0.3) is 0 Å². The predicted octanol–water partition coefficient (Wildman–Crippen LogP) is 2.15. The van der Waals surface area contributed by atoms with Crippen molar-refractivity contribution in [1.29, 1.82) is 0 Å². The smallest absolute Gasteiger partial charge is 0.331 e. The monoisotopic (exact) mass is 263 g/mol. The molecule has 0 rings (SSSR count). The van der Waals surface area contributed by atoms with Crippen LogP contribution in [0, 0.1) is 0 Å². The van der Waals surface area contributed by atoms with Crippen LogP contribution in [0.1, 0.15) is 39.5 Å². The lowest BCUT2D eigenvalue weighted by atomic mass is 10.1. The highest BCUT2D eigenvalue weighted by Crippen LogP contribution is 2.45. The Kier molecular flexibility index (Phi) is 7.35. The van der Waals surface area contributed by atoms with Crippen LogP contribution in [0.2, 0.25) is 0 Å². The summed E-state index contributed by atoms with van der Waals surface area (Å²) in [5, 5.41) is 8.93. The van der Waals surface area contributed by atoms with Gasteiger partial charge in [0.2, 0.25) is 7.37 Å². The molecule has 0 saturated carbocycles. The van der Waals surface area contributed by atoms with Crippen LogP contribution in [0.5, 0.6) is 0 Å². The first-order chi connectivity index (χ1) is 7.81. The van der Waals surface area contributed by atoms with Crippen LogP contribution in [-0.4, -0.2) is 27.9 Å². The highest BCUT2D eigenvalue weighted by Gasteiger charge is 2.27. The molecule has 17 heavy (non-hydrogen) atoms. The van der Waals surface area contributed by atoms with Gasteiger partial charge in [-0.15, -0.1) is 0 Å². The molecule has 2 unspecified atom stereocenters. The van der Waals surface area contributed by atoms with Crippen LogP contribution in [0.15, 0.2) is 11.6 Å². The van der Waals surface area contributed by atoms with E-state index in [9.17, 15) is 14.3 Å². The number of hydrogen-bond acceptors (Lipinski definition) is 3. The minimum atomic E-state index is -3.60. The molecule has 5 nitrogen and oxygen atoms in total. The lowest BCUT2D eigenvalue weighted by Crippen LogP contribution is -2.19. The Morgan fingerprint density at radius 2 is 2.06 bits per heavy atom. The summed E-state index contributed by atoms with van der Waals surface area (Å²) in [7, 11) is -3.60. The summed E-state index contributed by atoms with van der Waals surface area (Å²) in [6, 6.07) is 0. The average molecular weight is 263 g/mol. The van der Waals surface area contributed by atoms with Crippen molar-refractivity contribution in [3.05, 3.63) is 11.6 Å². The Balaban J connectivity index is 4.55. The van der Waals surface area contributed by atoms with Crippen molar-refractivity contribution in [3.8, 4) is 0 Å². The van der Waals surface area contributed by atoms with Crippen molar-refractivity contribution in [2.45, 2.75) is 45.3 Å². The van der Waals surface area contributed by atoms with Crippen molar-refractivity contribution in [1.82, 2.24) is 0 Å². The molecule has 0 saturated heterocycles. The minimum Gasteiger partial charge on any atom is -0.478 e. The molecule has 0 aromatic rings. The first-order valence-electron chi connectivity index (χ1n) is 5.80. The number of carbonyl (C=O) groups is 1. The van der Waals surface area contributed by atoms with Gasteiger partial charge in [0.05, 0.1) is 11.9 Å². The quantitative estimate of drug-likeness (QED) is 0.354. The summed E-state index contributed by atoms with van der Waals surface area (Å²) in [5.41, 5.74) is 5.35. The fourth-order valence-electron chi connectivity index (χ4n) is 1.28. The van der Waals surface area contributed by atoms with Gasteiger partial charge >= 0.3 is 5.97 Å². The van der Waals surface area contributed by atoms with Gasteiger partial charge in [0.1, 0.15) is 0 Å². The van der Waals surface area contributed by atoms with Crippen molar-refractivity contribution >= 4 is 13.3 Å². The van der Waals surface area contributed by atoms with Crippen molar-refractivity contribution < 1.29 is 19.4 Å². The van der Waals surface area contributed by atoms with Crippen LogP contribution in [0.3, 0.4) is 0 Å². The molecular formula is C11H22NO4P. The topological polar surface area (TPSA) is 101 Å². The molecule has 0 bridgehead atoms. The fourth-order valence-corrected chi connectivity index (χ4v) is 2.32. The normalized spacial score (nSPS) is 17.5. The van der Waals surface area contributed by atoms with Gasteiger partial charge in [0.15, 0.2) is 0 Å². The maximum absolute atomic E-state index is 11.6. The summed E-state index contributed by atoms with van der Waals surface area (Å²) in [4.78, 5) is 20.5. The summed E-state index contributed by atoms with van der Waals surface area (Å²) < 4.78 is 11.6. The van der Waals surface area contributed by atoms with E-state index in [-0.39, 0.29) is 11.7 Å². The van der Waals surface area contributed by atoms with Crippen LogP contribution >= 0.6 is 7.37 Å². The SMILES string of the molecule is CCCCC/C=C(/CP(=O)(O)C(C)N)C(=O)O. The van der Waals surface area contributed by atoms with E-state index in [4.69, 9.17) is 10.8 Å². The first kappa shape index (κ1) is 16.4. The summed E-state index contributed by atoms with van der Waals surface area (Å²) in [6.45, 7) is 3.47. The molecule has 0 aliphatic heterocycles. The van der Waals surface area contributed by atoms with E-state index >= 15 is 0 Å². The predicted molar refractivity (Wildman–Crippen MR) is 68.2 cm³/mol. The van der Waals surface area contributed by atoms with E-state index < -0.39 is 19.1 Å². The molecule has 0 aromatic carbocycles. The third kappa shape index (κ3) is 6.61. The van der Waals surface area contributed by atoms with Crippen molar-refractivity contribution in [2.75, 3.05) is 6.16 Å². The molecular weight excluding hydrogens is 241 g/mol. The van der Waals surface area contributed by atoms with Crippen molar-refractivity contribution in [3.63, 3.8) is 0 Å². The second-order valence-corrected chi connectivity index (χ2v) is 6.83. The van der Waals surface area contributed by atoms with E-state index in [1.807, 2.05) is 0 Å². The summed E-state index contributed by atoms with van der Waals surface area (Å²) in [5.74, 6) is -2.04. The van der Waals surface area contributed by atoms with Gasteiger partial charge in [-0.05, 0) is 19.8 Å². The highest BCUT2D eigenvalue weighted by atomic mass is 31.2. The number of nitrogens with two attached hydrogens (primary N) is 1.